The fourth-order valence-electron chi connectivity index (χ4n) is 4.15. The molecule has 2 aliphatic rings. The maximum absolute atomic E-state index is 12.7. The predicted octanol–water partition coefficient (Wildman–Crippen LogP) is 3.53. The van der Waals surface area contributed by atoms with Crippen molar-refractivity contribution in [2.24, 2.45) is 11.8 Å². The Bertz CT molecular complexity index is 895. The summed E-state index contributed by atoms with van der Waals surface area (Å²) >= 11 is 6.42. The van der Waals surface area contributed by atoms with Crippen LogP contribution in [0, 0.1) is 11.8 Å². The first-order valence-corrected chi connectivity index (χ1v) is 11.5. The number of carbonyl (C=O) groups is 1. The Morgan fingerprint density at radius 1 is 1.23 bits per heavy atom. The SMILES string of the molecule is C[C@H]1CC[C@@H](C(=O)Cc2cc(-c3cncc(NCC4CCOCC4)n3)c(Cl)cn2)CN1. The lowest BCUT2D eigenvalue weighted by Gasteiger charge is -2.26. The van der Waals surface area contributed by atoms with Crippen LogP contribution in [0.2, 0.25) is 5.02 Å². The van der Waals surface area contributed by atoms with Gasteiger partial charge < -0.3 is 15.4 Å². The number of nitrogens with one attached hydrogen (secondary N) is 2. The van der Waals surface area contributed by atoms with Crippen LogP contribution in [0.25, 0.3) is 11.3 Å². The molecule has 0 aromatic carbocycles. The second kappa shape index (κ2) is 10.5. The minimum Gasteiger partial charge on any atom is -0.381 e. The molecular weight excluding hydrogens is 414 g/mol. The van der Waals surface area contributed by atoms with Gasteiger partial charge in [0, 0.05) is 62.1 Å². The molecule has 166 valence electrons. The molecule has 2 atom stereocenters. The third-order valence-electron chi connectivity index (χ3n) is 6.21. The molecule has 2 aromatic rings. The van der Waals surface area contributed by atoms with Crippen LogP contribution in [0.15, 0.2) is 24.7 Å². The van der Waals surface area contributed by atoms with Crippen molar-refractivity contribution in [3.05, 3.63) is 35.4 Å². The van der Waals surface area contributed by atoms with Gasteiger partial charge in [0.1, 0.15) is 11.6 Å². The summed E-state index contributed by atoms with van der Waals surface area (Å²) in [6, 6.07) is 2.35. The molecule has 2 fully saturated rings. The molecule has 4 rings (SSSR count). The first kappa shape index (κ1) is 22.1. The van der Waals surface area contributed by atoms with Crippen LogP contribution in [0.3, 0.4) is 0 Å². The Balaban J connectivity index is 1.43. The number of halogens is 1. The van der Waals surface area contributed by atoms with Crippen LogP contribution in [-0.4, -0.2) is 53.1 Å². The number of ketones is 1. The Morgan fingerprint density at radius 3 is 2.84 bits per heavy atom. The van der Waals surface area contributed by atoms with Gasteiger partial charge in [-0.1, -0.05) is 11.6 Å². The van der Waals surface area contributed by atoms with E-state index in [2.05, 4.69) is 27.5 Å². The third-order valence-corrected chi connectivity index (χ3v) is 6.51. The number of nitrogens with zero attached hydrogens (tertiary/aromatic N) is 3. The Morgan fingerprint density at radius 2 is 2.06 bits per heavy atom. The monoisotopic (exact) mass is 443 g/mol. The van der Waals surface area contributed by atoms with Crippen LogP contribution in [-0.2, 0) is 16.0 Å². The van der Waals surface area contributed by atoms with Crippen molar-refractivity contribution in [1.29, 1.82) is 0 Å². The zero-order valence-electron chi connectivity index (χ0n) is 17.9. The lowest BCUT2D eigenvalue weighted by Crippen LogP contribution is -2.40. The number of carbonyl (C=O) groups excluding carboxylic acids is 1. The zero-order chi connectivity index (χ0) is 21.6. The van der Waals surface area contributed by atoms with Crippen LogP contribution in [0.5, 0.6) is 0 Å². The highest BCUT2D eigenvalue weighted by Gasteiger charge is 2.24. The van der Waals surface area contributed by atoms with Gasteiger partial charge >= 0.3 is 0 Å². The molecule has 0 aliphatic carbocycles. The first-order valence-electron chi connectivity index (χ1n) is 11.1. The second-order valence-corrected chi connectivity index (χ2v) is 9.02. The summed E-state index contributed by atoms with van der Waals surface area (Å²) in [7, 11) is 0. The lowest BCUT2D eigenvalue weighted by molar-refractivity contribution is -0.122. The summed E-state index contributed by atoms with van der Waals surface area (Å²) < 4.78 is 5.42. The van der Waals surface area contributed by atoms with Gasteiger partial charge in [-0.3, -0.25) is 14.8 Å². The van der Waals surface area contributed by atoms with E-state index >= 15 is 0 Å². The van der Waals surface area contributed by atoms with Gasteiger partial charge in [-0.2, -0.15) is 0 Å². The van der Waals surface area contributed by atoms with Gasteiger partial charge in [0.25, 0.3) is 0 Å². The molecule has 0 unspecified atom stereocenters. The van der Waals surface area contributed by atoms with E-state index in [4.69, 9.17) is 21.3 Å². The number of piperidine rings is 1. The van der Waals surface area contributed by atoms with Crippen molar-refractivity contribution in [3.63, 3.8) is 0 Å². The molecule has 7 nitrogen and oxygen atoms in total. The molecule has 8 heteroatoms. The minimum absolute atomic E-state index is 0.0506. The van der Waals surface area contributed by atoms with Gasteiger partial charge in [-0.05, 0) is 44.6 Å². The first-order chi connectivity index (χ1) is 15.1. The highest BCUT2D eigenvalue weighted by molar-refractivity contribution is 6.33. The zero-order valence-corrected chi connectivity index (χ0v) is 18.7. The number of anilines is 1. The molecule has 0 bridgehead atoms. The number of pyridine rings is 1. The van der Waals surface area contributed by atoms with E-state index in [1.54, 1.807) is 18.6 Å². The maximum atomic E-state index is 12.7. The van der Waals surface area contributed by atoms with Crippen molar-refractivity contribution < 1.29 is 9.53 Å². The van der Waals surface area contributed by atoms with E-state index in [0.29, 0.717) is 34.8 Å². The standard InChI is InChI=1S/C23H30ClN5O2/c1-15-2-3-17(11-26-15)22(30)9-18-8-19(20(24)12-27-18)21-13-25-14-23(29-21)28-10-16-4-6-31-7-5-16/h8,12-17,26H,2-7,9-11H2,1H3,(H,28,29)/t15-,17+/m0/s1. The van der Waals surface area contributed by atoms with E-state index in [0.717, 1.165) is 63.4 Å². The van der Waals surface area contributed by atoms with E-state index in [1.165, 1.54) is 0 Å². The molecule has 2 saturated heterocycles. The average molecular weight is 444 g/mol. The van der Waals surface area contributed by atoms with Crippen molar-refractivity contribution in [1.82, 2.24) is 20.3 Å². The highest BCUT2D eigenvalue weighted by Crippen LogP contribution is 2.28. The molecule has 0 amide bonds. The summed E-state index contributed by atoms with van der Waals surface area (Å²) in [6.45, 7) is 5.39. The van der Waals surface area contributed by atoms with Crippen LogP contribution in [0.4, 0.5) is 5.82 Å². The molecule has 2 aromatic heterocycles. The molecular formula is C23H30ClN5O2. The van der Waals surface area contributed by atoms with Gasteiger partial charge in [-0.15, -0.1) is 0 Å². The van der Waals surface area contributed by atoms with Gasteiger partial charge in [0.05, 0.1) is 23.1 Å². The fourth-order valence-corrected chi connectivity index (χ4v) is 4.35. The topological polar surface area (TPSA) is 89.0 Å². The van der Waals surface area contributed by atoms with Crippen molar-refractivity contribution >= 4 is 23.2 Å². The number of Topliss-reactive ketones (excluding diaryl/α,β-unsaturated/α-hetero) is 1. The van der Waals surface area contributed by atoms with Crippen LogP contribution < -0.4 is 10.6 Å². The van der Waals surface area contributed by atoms with Crippen molar-refractivity contribution in [2.45, 2.75) is 45.1 Å². The molecule has 2 aliphatic heterocycles. The average Bonchev–Trinajstić information content (AvgIpc) is 2.80. The quantitative estimate of drug-likeness (QED) is 0.676. The number of hydrogen-bond donors (Lipinski definition) is 2. The lowest BCUT2D eigenvalue weighted by atomic mass is 9.90. The predicted molar refractivity (Wildman–Crippen MR) is 121 cm³/mol. The number of hydrogen-bond acceptors (Lipinski definition) is 7. The summed E-state index contributed by atoms with van der Waals surface area (Å²) in [6.07, 6.45) is 9.40. The van der Waals surface area contributed by atoms with Crippen molar-refractivity contribution in [2.75, 3.05) is 31.6 Å². The summed E-state index contributed by atoms with van der Waals surface area (Å²) in [5.41, 5.74) is 2.13. The van der Waals surface area contributed by atoms with E-state index < -0.39 is 0 Å². The maximum Gasteiger partial charge on any atom is 0.145 e. The molecule has 0 radical (unpaired) electrons. The number of ether oxygens (including phenoxy) is 1. The van der Waals surface area contributed by atoms with Crippen molar-refractivity contribution in [3.8, 4) is 11.3 Å². The Hall–Kier alpha value is -2.09. The normalized spacial score (nSPS) is 22.3. The highest BCUT2D eigenvalue weighted by atomic mass is 35.5. The van der Waals surface area contributed by atoms with E-state index in [-0.39, 0.29) is 11.7 Å². The third kappa shape index (κ3) is 5.99. The smallest absolute Gasteiger partial charge is 0.145 e. The fraction of sp³-hybridized carbons (Fsp3) is 0.565. The second-order valence-electron chi connectivity index (χ2n) is 8.61. The summed E-state index contributed by atoms with van der Waals surface area (Å²) in [5.74, 6) is 1.57. The molecule has 31 heavy (non-hydrogen) atoms. The molecule has 2 N–H and O–H groups in total. The van der Waals surface area contributed by atoms with Crippen LogP contribution in [0.1, 0.15) is 38.3 Å². The Kier molecular flexibility index (Phi) is 7.48. The van der Waals surface area contributed by atoms with E-state index in [9.17, 15) is 4.79 Å². The minimum atomic E-state index is 0.0506. The molecule has 0 spiro atoms. The largest absolute Gasteiger partial charge is 0.381 e. The van der Waals surface area contributed by atoms with Gasteiger partial charge in [0.15, 0.2) is 0 Å². The van der Waals surface area contributed by atoms with E-state index in [1.807, 2.05) is 6.07 Å². The summed E-state index contributed by atoms with van der Waals surface area (Å²) in [5, 5.41) is 7.28. The van der Waals surface area contributed by atoms with Gasteiger partial charge in [0.2, 0.25) is 0 Å². The van der Waals surface area contributed by atoms with Gasteiger partial charge in [-0.25, -0.2) is 4.98 Å². The van der Waals surface area contributed by atoms with Crippen LogP contribution >= 0.6 is 11.6 Å². The Labute approximate surface area is 188 Å². The summed E-state index contributed by atoms with van der Waals surface area (Å²) in [4.78, 5) is 26.1. The number of rotatable bonds is 7. The molecule has 0 saturated carbocycles. The number of aromatic nitrogens is 3. The molecule has 4 heterocycles.